The highest BCUT2D eigenvalue weighted by atomic mass is 35.5. The molecule has 1 aromatic carbocycles. The minimum absolute atomic E-state index is 0.0243. The fourth-order valence-electron chi connectivity index (χ4n) is 4.23. The highest BCUT2D eigenvalue weighted by molar-refractivity contribution is 6.30. The van der Waals surface area contributed by atoms with Gasteiger partial charge < -0.3 is 9.80 Å². The first-order valence-corrected chi connectivity index (χ1v) is 10.3. The van der Waals surface area contributed by atoms with Crippen LogP contribution in [0.2, 0.25) is 5.15 Å². The fourth-order valence-corrected chi connectivity index (χ4v) is 4.57. The molecule has 0 aliphatic carbocycles. The Kier molecular flexibility index (Phi) is 5.51. The van der Waals surface area contributed by atoms with Gasteiger partial charge in [-0.1, -0.05) is 36.7 Å². The summed E-state index contributed by atoms with van der Waals surface area (Å²) in [5.74, 6) is 1.86. The Balaban J connectivity index is 1.43. The van der Waals surface area contributed by atoms with Crippen molar-refractivity contribution in [2.24, 2.45) is 0 Å². The third-order valence-electron chi connectivity index (χ3n) is 5.70. The van der Waals surface area contributed by atoms with E-state index in [2.05, 4.69) is 26.7 Å². The first-order valence-electron chi connectivity index (χ1n) is 9.97. The lowest BCUT2D eigenvalue weighted by Gasteiger charge is -2.38. The summed E-state index contributed by atoms with van der Waals surface area (Å²) < 4.78 is 0. The van der Waals surface area contributed by atoms with Gasteiger partial charge in [-0.25, -0.2) is 9.97 Å². The standard InChI is InChI=1S/C21H26ClN5O/c1-3-17-19(22)23-15(2)24-20(17)26-13-11-25(12-14-26)18-9-10-27(21(18)28)16-7-5-4-6-8-16/h4-8,18H,3,9-14H2,1-2H3. The van der Waals surface area contributed by atoms with Crippen LogP contribution in [0.3, 0.4) is 0 Å². The monoisotopic (exact) mass is 399 g/mol. The van der Waals surface area contributed by atoms with Crippen LogP contribution in [0.1, 0.15) is 24.7 Å². The van der Waals surface area contributed by atoms with Gasteiger partial charge in [-0.3, -0.25) is 9.69 Å². The van der Waals surface area contributed by atoms with Crippen molar-refractivity contribution in [1.29, 1.82) is 0 Å². The first-order chi connectivity index (χ1) is 13.6. The zero-order valence-electron chi connectivity index (χ0n) is 16.4. The molecule has 0 radical (unpaired) electrons. The van der Waals surface area contributed by atoms with Crippen molar-refractivity contribution in [1.82, 2.24) is 14.9 Å². The predicted octanol–water partition coefficient (Wildman–Crippen LogP) is 2.93. The highest BCUT2D eigenvalue weighted by Crippen LogP contribution is 2.28. The van der Waals surface area contributed by atoms with Crippen LogP contribution in [0, 0.1) is 6.92 Å². The summed E-state index contributed by atoms with van der Waals surface area (Å²) in [4.78, 5) is 28.4. The molecule has 0 saturated carbocycles. The molecule has 1 atom stereocenters. The Morgan fingerprint density at radius 3 is 2.46 bits per heavy atom. The Labute approximate surface area is 171 Å². The van der Waals surface area contributed by atoms with Crippen LogP contribution in [0.4, 0.5) is 11.5 Å². The summed E-state index contributed by atoms with van der Waals surface area (Å²) in [5, 5.41) is 0.553. The van der Waals surface area contributed by atoms with Gasteiger partial charge in [0.25, 0.3) is 0 Å². The number of carbonyl (C=O) groups is 1. The van der Waals surface area contributed by atoms with Crippen LogP contribution in [0.15, 0.2) is 30.3 Å². The molecule has 7 heteroatoms. The number of amides is 1. The lowest BCUT2D eigenvalue weighted by atomic mass is 10.1. The molecule has 4 rings (SSSR count). The van der Waals surface area contributed by atoms with Crippen molar-refractivity contribution < 1.29 is 4.79 Å². The van der Waals surface area contributed by atoms with Gasteiger partial charge in [0.2, 0.25) is 5.91 Å². The molecule has 0 spiro atoms. The second-order valence-corrected chi connectivity index (χ2v) is 7.73. The first kappa shape index (κ1) is 19.2. The number of carbonyl (C=O) groups excluding carboxylic acids is 1. The number of halogens is 1. The second kappa shape index (κ2) is 8.05. The third kappa shape index (κ3) is 3.59. The Morgan fingerprint density at radius 1 is 1.07 bits per heavy atom. The Morgan fingerprint density at radius 2 is 1.79 bits per heavy atom. The van der Waals surface area contributed by atoms with Gasteiger partial charge in [-0.05, 0) is 31.9 Å². The highest BCUT2D eigenvalue weighted by Gasteiger charge is 2.38. The summed E-state index contributed by atoms with van der Waals surface area (Å²) in [7, 11) is 0. The van der Waals surface area contributed by atoms with Crippen molar-refractivity contribution in [3.05, 3.63) is 46.9 Å². The number of para-hydroxylation sites is 1. The van der Waals surface area contributed by atoms with E-state index in [-0.39, 0.29) is 11.9 Å². The van der Waals surface area contributed by atoms with Gasteiger partial charge in [0.1, 0.15) is 16.8 Å². The maximum Gasteiger partial charge on any atom is 0.244 e. The molecule has 2 aliphatic heterocycles. The summed E-state index contributed by atoms with van der Waals surface area (Å²) >= 11 is 6.34. The number of nitrogens with zero attached hydrogens (tertiary/aromatic N) is 5. The number of anilines is 2. The lowest BCUT2D eigenvalue weighted by Crippen LogP contribution is -2.53. The maximum atomic E-state index is 13.0. The molecule has 0 bridgehead atoms. The molecule has 2 saturated heterocycles. The van der Waals surface area contributed by atoms with Crippen molar-refractivity contribution >= 4 is 29.0 Å². The Hall–Kier alpha value is -2.18. The van der Waals surface area contributed by atoms with Gasteiger partial charge in [-0.2, -0.15) is 0 Å². The molecule has 148 valence electrons. The molecule has 1 unspecified atom stereocenters. The largest absolute Gasteiger partial charge is 0.354 e. The van der Waals surface area contributed by atoms with Gasteiger partial charge in [0.05, 0.1) is 6.04 Å². The van der Waals surface area contributed by atoms with Crippen molar-refractivity contribution in [2.75, 3.05) is 42.5 Å². The third-order valence-corrected chi connectivity index (χ3v) is 6.01. The van der Waals surface area contributed by atoms with Crippen molar-refractivity contribution in [3.63, 3.8) is 0 Å². The number of hydrogen-bond donors (Lipinski definition) is 0. The molecule has 3 heterocycles. The van der Waals surface area contributed by atoms with Gasteiger partial charge in [-0.15, -0.1) is 0 Å². The number of aryl methyl sites for hydroxylation is 1. The number of benzene rings is 1. The van der Waals surface area contributed by atoms with E-state index in [0.717, 1.165) is 62.6 Å². The molecule has 0 N–H and O–H groups in total. The van der Waals surface area contributed by atoms with E-state index in [1.165, 1.54) is 0 Å². The summed E-state index contributed by atoms with van der Waals surface area (Å²) in [5.41, 5.74) is 2.00. The fraction of sp³-hybridized carbons (Fsp3) is 0.476. The topological polar surface area (TPSA) is 52.6 Å². The molecule has 6 nitrogen and oxygen atoms in total. The number of hydrogen-bond acceptors (Lipinski definition) is 5. The minimum Gasteiger partial charge on any atom is -0.354 e. The van der Waals surface area contributed by atoms with E-state index < -0.39 is 0 Å². The van der Waals surface area contributed by atoms with Crippen LogP contribution in [-0.4, -0.2) is 59.5 Å². The van der Waals surface area contributed by atoms with Gasteiger partial charge in [0.15, 0.2) is 0 Å². The molecule has 2 aromatic rings. The quantitative estimate of drug-likeness (QED) is 0.740. The number of aromatic nitrogens is 2. The van der Waals surface area contributed by atoms with Crippen molar-refractivity contribution in [3.8, 4) is 0 Å². The average Bonchev–Trinajstić information content (AvgIpc) is 3.09. The zero-order valence-corrected chi connectivity index (χ0v) is 17.2. The van der Waals surface area contributed by atoms with E-state index >= 15 is 0 Å². The molecular formula is C21H26ClN5O. The van der Waals surface area contributed by atoms with Crippen LogP contribution in [0.25, 0.3) is 0 Å². The predicted molar refractivity (Wildman–Crippen MR) is 112 cm³/mol. The van der Waals surface area contributed by atoms with Crippen molar-refractivity contribution in [2.45, 2.75) is 32.7 Å². The summed E-state index contributed by atoms with van der Waals surface area (Å²) in [6, 6.07) is 9.93. The molecule has 2 fully saturated rings. The van der Waals surface area contributed by atoms with Gasteiger partial charge in [0, 0.05) is 44.0 Å². The van der Waals surface area contributed by atoms with Gasteiger partial charge >= 0.3 is 0 Å². The van der Waals surface area contributed by atoms with Crippen LogP contribution in [0.5, 0.6) is 0 Å². The number of piperazine rings is 1. The normalized spacial score (nSPS) is 20.8. The summed E-state index contributed by atoms with van der Waals surface area (Å²) in [6.45, 7) is 8.12. The molecular weight excluding hydrogens is 374 g/mol. The smallest absolute Gasteiger partial charge is 0.244 e. The second-order valence-electron chi connectivity index (χ2n) is 7.37. The molecule has 2 aliphatic rings. The zero-order chi connectivity index (χ0) is 19.7. The molecule has 1 aromatic heterocycles. The summed E-state index contributed by atoms with van der Waals surface area (Å²) in [6.07, 6.45) is 1.69. The Bertz CT molecular complexity index is 851. The lowest BCUT2D eigenvalue weighted by molar-refractivity contribution is -0.121. The van der Waals surface area contributed by atoms with E-state index in [0.29, 0.717) is 11.0 Å². The van der Waals surface area contributed by atoms with E-state index in [9.17, 15) is 4.79 Å². The van der Waals surface area contributed by atoms with E-state index in [1.807, 2.05) is 42.2 Å². The van der Waals surface area contributed by atoms with E-state index in [4.69, 9.17) is 11.6 Å². The molecule has 28 heavy (non-hydrogen) atoms. The maximum absolute atomic E-state index is 13.0. The number of rotatable bonds is 4. The van der Waals surface area contributed by atoms with Crippen LogP contribution < -0.4 is 9.80 Å². The average molecular weight is 400 g/mol. The van der Waals surface area contributed by atoms with Crippen LogP contribution >= 0.6 is 11.6 Å². The van der Waals surface area contributed by atoms with Crippen LogP contribution in [-0.2, 0) is 11.2 Å². The SMILES string of the molecule is CCc1c(Cl)nc(C)nc1N1CCN(C2CCN(c3ccccc3)C2=O)CC1. The molecule has 1 amide bonds. The van der Waals surface area contributed by atoms with E-state index in [1.54, 1.807) is 0 Å². The minimum atomic E-state index is -0.0243.